The highest BCUT2D eigenvalue weighted by Gasteiger charge is 2.03. The summed E-state index contributed by atoms with van der Waals surface area (Å²) in [5.74, 6) is 1.19. The molecule has 3 nitrogen and oxygen atoms in total. The molecule has 0 bridgehead atoms. The zero-order chi connectivity index (χ0) is 10.6. The van der Waals surface area contributed by atoms with Crippen molar-refractivity contribution in [2.75, 3.05) is 7.11 Å². The van der Waals surface area contributed by atoms with Gasteiger partial charge in [-0.05, 0) is 18.2 Å². The number of halogens is 1. The van der Waals surface area contributed by atoms with E-state index in [1.165, 1.54) is 31.4 Å². The van der Waals surface area contributed by atoms with Crippen molar-refractivity contribution in [1.29, 1.82) is 0 Å². The summed E-state index contributed by atoms with van der Waals surface area (Å²) in [5, 5.41) is 17.2. The predicted molar refractivity (Wildman–Crippen MR) is 52.2 cm³/mol. The number of hydrogen-bond acceptors (Lipinski definition) is 3. The van der Waals surface area contributed by atoms with Crippen LogP contribution in [0.3, 0.4) is 0 Å². The van der Waals surface area contributed by atoms with E-state index in [4.69, 9.17) is 14.8 Å². The molecule has 0 spiro atoms. The number of benzene rings is 1. The van der Waals surface area contributed by atoms with Crippen molar-refractivity contribution in [2.24, 2.45) is 0 Å². The highest BCUT2D eigenvalue weighted by Crippen LogP contribution is 2.20. The maximum Gasteiger partial charge on any atom is 0.480 e. The lowest BCUT2D eigenvalue weighted by Gasteiger charge is -2.03. The van der Waals surface area contributed by atoms with Gasteiger partial charge >= 0.3 is 7.12 Å². The Morgan fingerprint density at radius 2 is 2.14 bits per heavy atom. The topological polar surface area (TPSA) is 49.7 Å². The van der Waals surface area contributed by atoms with Crippen LogP contribution in [0.25, 0.3) is 6.08 Å². The average Bonchev–Trinajstić information content (AvgIpc) is 2.15. The van der Waals surface area contributed by atoms with E-state index < -0.39 is 12.9 Å². The van der Waals surface area contributed by atoms with Crippen LogP contribution in [0.5, 0.6) is 5.75 Å². The molecule has 0 atom stereocenters. The Morgan fingerprint density at radius 3 is 2.71 bits per heavy atom. The first-order valence-electron chi connectivity index (χ1n) is 4.01. The summed E-state index contributed by atoms with van der Waals surface area (Å²) < 4.78 is 17.7. The van der Waals surface area contributed by atoms with Gasteiger partial charge in [-0.3, -0.25) is 0 Å². The van der Waals surface area contributed by atoms with Gasteiger partial charge in [0, 0.05) is 5.56 Å². The Balaban J connectivity index is 2.99. The van der Waals surface area contributed by atoms with Gasteiger partial charge in [0.25, 0.3) is 0 Å². The molecular weight excluding hydrogens is 186 g/mol. The fraction of sp³-hybridized carbons (Fsp3) is 0.111. The second-order valence-corrected chi connectivity index (χ2v) is 2.66. The molecule has 0 aliphatic rings. The van der Waals surface area contributed by atoms with Crippen molar-refractivity contribution in [2.45, 2.75) is 0 Å². The molecule has 0 unspecified atom stereocenters. The third-order valence-electron chi connectivity index (χ3n) is 1.64. The van der Waals surface area contributed by atoms with E-state index in [1.807, 2.05) is 0 Å². The summed E-state index contributed by atoms with van der Waals surface area (Å²) in [5.41, 5.74) is 0.459. The van der Waals surface area contributed by atoms with Gasteiger partial charge in [0.1, 0.15) is 11.6 Å². The minimum Gasteiger partial charge on any atom is -0.496 e. The lowest BCUT2D eigenvalue weighted by molar-refractivity contribution is 0.412. The van der Waals surface area contributed by atoms with Crippen LogP contribution in [0.4, 0.5) is 4.39 Å². The minimum atomic E-state index is -1.55. The molecular formula is C9H10BFO3. The van der Waals surface area contributed by atoms with Crippen LogP contribution < -0.4 is 4.74 Å². The van der Waals surface area contributed by atoms with Gasteiger partial charge < -0.3 is 14.8 Å². The maximum absolute atomic E-state index is 12.8. The molecule has 0 saturated carbocycles. The summed E-state index contributed by atoms with van der Waals surface area (Å²) in [6, 6.07) is 3.99. The smallest absolute Gasteiger partial charge is 0.480 e. The SMILES string of the molecule is COc1ccc(F)cc1/C=C/B(O)O. The summed E-state index contributed by atoms with van der Waals surface area (Å²) in [6.07, 6.45) is 1.38. The van der Waals surface area contributed by atoms with Gasteiger partial charge in [-0.2, -0.15) is 0 Å². The van der Waals surface area contributed by atoms with Gasteiger partial charge in [-0.25, -0.2) is 4.39 Å². The van der Waals surface area contributed by atoms with E-state index in [0.29, 0.717) is 11.3 Å². The third kappa shape index (κ3) is 2.87. The van der Waals surface area contributed by atoms with Crippen LogP contribution in [-0.2, 0) is 0 Å². The molecule has 2 N–H and O–H groups in total. The van der Waals surface area contributed by atoms with Crippen molar-refractivity contribution < 1.29 is 19.2 Å². The maximum atomic E-state index is 12.8. The number of rotatable bonds is 3. The second kappa shape index (κ2) is 4.78. The van der Waals surface area contributed by atoms with Gasteiger partial charge in [-0.15, -0.1) is 0 Å². The van der Waals surface area contributed by atoms with Crippen LogP contribution in [-0.4, -0.2) is 24.3 Å². The van der Waals surface area contributed by atoms with Crippen molar-refractivity contribution in [1.82, 2.24) is 0 Å². The summed E-state index contributed by atoms with van der Waals surface area (Å²) in [4.78, 5) is 0. The molecule has 0 fully saturated rings. The third-order valence-corrected chi connectivity index (χ3v) is 1.64. The van der Waals surface area contributed by atoms with Crippen LogP contribution in [0, 0.1) is 5.82 Å². The van der Waals surface area contributed by atoms with Crippen molar-refractivity contribution in [3.05, 3.63) is 35.6 Å². The van der Waals surface area contributed by atoms with Crippen LogP contribution in [0.15, 0.2) is 24.2 Å². The largest absolute Gasteiger partial charge is 0.496 e. The quantitative estimate of drug-likeness (QED) is 0.704. The van der Waals surface area contributed by atoms with Crippen LogP contribution >= 0.6 is 0 Å². The van der Waals surface area contributed by atoms with E-state index in [9.17, 15) is 4.39 Å². The molecule has 1 aromatic carbocycles. The van der Waals surface area contributed by atoms with E-state index in [1.54, 1.807) is 0 Å². The van der Waals surface area contributed by atoms with Crippen molar-refractivity contribution >= 4 is 13.2 Å². The van der Waals surface area contributed by atoms with Crippen molar-refractivity contribution in [3.63, 3.8) is 0 Å². The standard InChI is InChI=1S/C9H10BFO3/c1-14-9-3-2-8(11)6-7(9)4-5-10(12)13/h2-6,12-13H,1H3/b5-4+. The second-order valence-electron chi connectivity index (χ2n) is 2.66. The molecule has 1 rings (SSSR count). The van der Waals surface area contributed by atoms with Gasteiger partial charge in [0.15, 0.2) is 0 Å². The van der Waals surface area contributed by atoms with E-state index in [-0.39, 0.29) is 0 Å². The zero-order valence-corrected chi connectivity index (χ0v) is 7.64. The Hall–Kier alpha value is -1.33. The molecule has 1 aromatic rings. The monoisotopic (exact) mass is 196 g/mol. The molecule has 0 heterocycles. The number of methoxy groups -OCH3 is 1. The van der Waals surface area contributed by atoms with E-state index in [2.05, 4.69) is 0 Å². The predicted octanol–water partition coefficient (Wildman–Crippen LogP) is 0.859. The first-order chi connectivity index (χ1) is 6.63. The van der Waals surface area contributed by atoms with E-state index >= 15 is 0 Å². The Morgan fingerprint density at radius 1 is 1.43 bits per heavy atom. The Labute approximate surface area is 81.6 Å². The van der Waals surface area contributed by atoms with Crippen LogP contribution in [0.1, 0.15) is 5.56 Å². The molecule has 14 heavy (non-hydrogen) atoms. The van der Waals surface area contributed by atoms with E-state index in [0.717, 1.165) is 5.98 Å². The number of ether oxygens (including phenoxy) is 1. The van der Waals surface area contributed by atoms with Gasteiger partial charge in [0.05, 0.1) is 7.11 Å². The Bertz CT molecular complexity index is 339. The first kappa shape index (κ1) is 10.8. The molecule has 0 aromatic heterocycles. The highest BCUT2D eigenvalue weighted by atomic mass is 19.1. The van der Waals surface area contributed by atoms with Gasteiger partial charge in [0.2, 0.25) is 0 Å². The lowest BCUT2D eigenvalue weighted by Crippen LogP contribution is -2.05. The summed E-state index contributed by atoms with van der Waals surface area (Å²) >= 11 is 0. The summed E-state index contributed by atoms with van der Waals surface area (Å²) in [6.45, 7) is 0. The number of hydrogen-bond donors (Lipinski definition) is 2. The zero-order valence-electron chi connectivity index (χ0n) is 7.64. The molecule has 0 aliphatic carbocycles. The minimum absolute atomic E-state index is 0.405. The summed E-state index contributed by atoms with van der Waals surface area (Å²) in [7, 11) is -0.0945. The van der Waals surface area contributed by atoms with Gasteiger partial charge in [-0.1, -0.05) is 12.1 Å². The molecule has 0 radical (unpaired) electrons. The molecule has 0 amide bonds. The fourth-order valence-electron chi connectivity index (χ4n) is 1.03. The molecule has 74 valence electrons. The normalized spacial score (nSPS) is 10.6. The lowest BCUT2D eigenvalue weighted by atomic mass is 9.90. The van der Waals surface area contributed by atoms with Crippen LogP contribution in [0.2, 0.25) is 0 Å². The molecule has 0 aliphatic heterocycles. The Kier molecular flexibility index (Phi) is 3.68. The first-order valence-corrected chi connectivity index (χ1v) is 4.01. The molecule has 5 heteroatoms. The fourth-order valence-corrected chi connectivity index (χ4v) is 1.03. The average molecular weight is 196 g/mol. The molecule has 0 saturated heterocycles. The highest BCUT2D eigenvalue weighted by molar-refractivity contribution is 6.48. The van der Waals surface area contributed by atoms with Crippen molar-refractivity contribution in [3.8, 4) is 5.75 Å².